The molecule has 0 aliphatic rings. The fourth-order valence-electron chi connectivity index (χ4n) is 1.81. The van der Waals surface area contributed by atoms with Crippen molar-refractivity contribution in [2.45, 2.75) is 20.8 Å². The number of aromatic hydroxyl groups is 1. The van der Waals surface area contributed by atoms with Crippen LogP contribution in [0.25, 0.3) is 10.9 Å². The van der Waals surface area contributed by atoms with E-state index in [9.17, 15) is 5.11 Å². The van der Waals surface area contributed by atoms with Crippen molar-refractivity contribution in [1.29, 1.82) is 5.26 Å². The monoisotopic (exact) mass is 201 g/mol. The van der Waals surface area contributed by atoms with E-state index in [0.29, 0.717) is 0 Å². The van der Waals surface area contributed by atoms with Crippen LogP contribution in [0.4, 0.5) is 0 Å². The first-order valence-electron chi connectivity index (χ1n) is 4.64. The minimum absolute atomic E-state index is 0.0777. The minimum atomic E-state index is -0.0777. The molecule has 0 radical (unpaired) electrons. The molecule has 15 heavy (non-hydrogen) atoms. The number of nitrogens with zero attached hydrogens (tertiary/aromatic N) is 2. The zero-order chi connectivity index (χ0) is 11.2. The van der Waals surface area contributed by atoms with Gasteiger partial charge in [-0.3, -0.25) is 4.98 Å². The van der Waals surface area contributed by atoms with Gasteiger partial charge in [0.15, 0.2) is 0 Å². The van der Waals surface area contributed by atoms with Crippen molar-refractivity contribution in [2.24, 2.45) is 0 Å². The number of nitrogens with one attached hydrogen (secondary N) is 1. The van der Waals surface area contributed by atoms with Gasteiger partial charge in [-0.05, 0) is 26.3 Å². The van der Waals surface area contributed by atoms with Crippen LogP contribution in [-0.2, 0) is 0 Å². The van der Waals surface area contributed by atoms with Gasteiger partial charge in [-0.2, -0.15) is 5.26 Å². The average molecular weight is 201 g/mol. The summed E-state index contributed by atoms with van der Waals surface area (Å²) in [5, 5.41) is 19.2. The molecule has 0 saturated heterocycles. The summed E-state index contributed by atoms with van der Waals surface area (Å²) in [6.07, 6.45) is 0. The van der Waals surface area contributed by atoms with E-state index < -0.39 is 0 Å². The van der Waals surface area contributed by atoms with E-state index in [2.05, 4.69) is 9.97 Å². The number of hydrogen-bond acceptors (Lipinski definition) is 3. The Kier molecular flexibility index (Phi) is 1.90. The molecule has 0 unspecified atom stereocenters. The van der Waals surface area contributed by atoms with Crippen molar-refractivity contribution >= 4 is 10.9 Å². The summed E-state index contributed by atoms with van der Waals surface area (Å²) in [5.74, 6) is -0.0777. The van der Waals surface area contributed by atoms with Crippen molar-refractivity contribution in [1.82, 2.24) is 9.97 Å². The number of hydrogen-bond donors (Lipinski definition) is 2. The predicted molar refractivity (Wildman–Crippen MR) is 56.7 cm³/mol. The smallest absolute Gasteiger partial charge is 0.207 e. The van der Waals surface area contributed by atoms with Crippen LogP contribution in [0.5, 0.6) is 5.88 Å². The van der Waals surface area contributed by atoms with E-state index >= 15 is 0 Å². The van der Waals surface area contributed by atoms with Crippen molar-refractivity contribution < 1.29 is 5.11 Å². The van der Waals surface area contributed by atoms with Gasteiger partial charge < -0.3 is 10.1 Å². The Morgan fingerprint density at radius 1 is 1.27 bits per heavy atom. The first kappa shape index (κ1) is 9.53. The summed E-state index contributed by atoms with van der Waals surface area (Å²) >= 11 is 0. The SMILES string of the molecule is Cc1nc(C)c2c(C#N)c(O)[nH]c2c1C. The predicted octanol–water partition coefficient (Wildman–Crippen LogP) is 2.07. The highest BCUT2D eigenvalue weighted by atomic mass is 16.3. The number of aryl methyl sites for hydroxylation is 3. The molecule has 2 aromatic heterocycles. The number of pyridine rings is 1. The van der Waals surface area contributed by atoms with Crippen LogP contribution in [0.3, 0.4) is 0 Å². The fraction of sp³-hybridized carbons (Fsp3) is 0.273. The molecule has 2 N–H and O–H groups in total. The number of rotatable bonds is 0. The lowest BCUT2D eigenvalue weighted by Gasteiger charge is -2.03. The van der Waals surface area contributed by atoms with Gasteiger partial charge in [-0.1, -0.05) is 0 Å². The van der Waals surface area contributed by atoms with Gasteiger partial charge in [-0.15, -0.1) is 0 Å². The Morgan fingerprint density at radius 2 is 1.93 bits per heavy atom. The van der Waals surface area contributed by atoms with Gasteiger partial charge in [0, 0.05) is 16.8 Å². The van der Waals surface area contributed by atoms with Gasteiger partial charge in [-0.25, -0.2) is 0 Å². The summed E-state index contributed by atoms with van der Waals surface area (Å²) in [6, 6.07) is 1.98. The van der Waals surface area contributed by atoms with Gasteiger partial charge in [0.25, 0.3) is 0 Å². The van der Waals surface area contributed by atoms with E-state index in [4.69, 9.17) is 5.26 Å². The Morgan fingerprint density at radius 3 is 2.53 bits per heavy atom. The molecule has 0 bridgehead atoms. The molecule has 0 aliphatic carbocycles. The molecule has 0 spiro atoms. The van der Waals surface area contributed by atoms with Crippen molar-refractivity contribution in [3.05, 3.63) is 22.5 Å². The van der Waals surface area contributed by atoms with Crippen LogP contribution >= 0.6 is 0 Å². The molecular weight excluding hydrogens is 190 g/mol. The highest BCUT2D eigenvalue weighted by Crippen LogP contribution is 2.31. The molecule has 0 aromatic carbocycles. The van der Waals surface area contributed by atoms with E-state index in [0.717, 1.165) is 27.9 Å². The maximum absolute atomic E-state index is 9.57. The molecular formula is C11H11N3O. The quantitative estimate of drug-likeness (QED) is 0.685. The Labute approximate surface area is 87.2 Å². The summed E-state index contributed by atoms with van der Waals surface area (Å²) in [5.41, 5.74) is 3.71. The number of fused-ring (bicyclic) bond motifs is 1. The molecule has 0 amide bonds. The maximum atomic E-state index is 9.57. The zero-order valence-corrected chi connectivity index (χ0v) is 8.84. The normalized spacial score (nSPS) is 10.5. The molecule has 0 atom stereocenters. The summed E-state index contributed by atoms with van der Waals surface area (Å²) in [4.78, 5) is 7.16. The Balaban J connectivity index is 3.04. The van der Waals surface area contributed by atoms with Crippen LogP contribution in [-0.4, -0.2) is 15.1 Å². The summed E-state index contributed by atoms with van der Waals surface area (Å²) in [7, 11) is 0. The minimum Gasteiger partial charge on any atom is -0.494 e. The number of nitriles is 1. The maximum Gasteiger partial charge on any atom is 0.207 e. The van der Waals surface area contributed by atoms with E-state index in [1.165, 1.54) is 0 Å². The molecule has 0 fully saturated rings. The standard InChI is InChI=1S/C11H11N3O/c1-5-6(2)13-7(3)9-8(4-12)11(15)14-10(5)9/h14-15H,1-3H3. The highest BCUT2D eigenvalue weighted by Gasteiger charge is 2.16. The van der Waals surface area contributed by atoms with E-state index in [1.54, 1.807) is 0 Å². The third-order valence-electron chi connectivity index (χ3n) is 2.71. The molecule has 2 aromatic rings. The number of H-pyrrole nitrogens is 1. The second-order valence-corrected chi connectivity index (χ2v) is 3.62. The molecule has 0 saturated carbocycles. The van der Waals surface area contributed by atoms with E-state index in [-0.39, 0.29) is 11.4 Å². The van der Waals surface area contributed by atoms with Crippen molar-refractivity contribution in [2.75, 3.05) is 0 Å². The first-order chi connectivity index (χ1) is 7.06. The van der Waals surface area contributed by atoms with Crippen molar-refractivity contribution in [3.8, 4) is 11.9 Å². The summed E-state index contributed by atoms with van der Waals surface area (Å²) in [6.45, 7) is 5.66. The van der Waals surface area contributed by atoms with Gasteiger partial charge >= 0.3 is 0 Å². The van der Waals surface area contributed by atoms with Crippen LogP contribution < -0.4 is 0 Å². The fourth-order valence-corrected chi connectivity index (χ4v) is 1.81. The third-order valence-corrected chi connectivity index (χ3v) is 2.71. The van der Waals surface area contributed by atoms with Gasteiger partial charge in [0.1, 0.15) is 11.6 Å². The average Bonchev–Trinajstić information content (AvgIpc) is 2.52. The second-order valence-electron chi connectivity index (χ2n) is 3.62. The van der Waals surface area contributed by atoms with Crippen molar-refractivity contribution in [3.63, 3.8) is 0 Å². The van der Waals surface area contributed by atoms with E-state index in [1.807, 2.05) is 26.8 Å². The second kappa shape index (κ2) is 2.99. The largest absolute Gasteiger partial charge is 0.494 e. The number of aromatic nitrogens is 2. The number of aromatic amines is 1. The Hall–Kier alpha value is -2.02. The molecule has 4 nitrogen and oxygen atoms in total. The zero-order valence-electron chi connectivity index (χ0n) is 8.84. The molecule has 76 valence electrons. The summed E-state index contributed by atoms with van der Waals surface area (Å²) < 4.78 is 0. The topological polar surface area (TPSA) is 72.7 Å². The molecule has 0 aliphatic heterocycles. The lowest BCUT2D eigenvalue weighted by atomic mass is 10.1. The third kappa shape index (κ3) is 1.17. The van der Waals surface area contributed by atoms with Crippen LogP contribution in [0.1, 0.15) is 22.5 Å². The van der Waals surface area contributed by atoms with Crippen LogP contribution in [0.2, 0.25) is 0 Å². The first-order valence-corrected chi connectivity index (χ1v) is 4.64. The van der Waals surface area contributed by atoms with Gasteiger partial charge in [0.05, 0.1) is 5.52 Å². The lowest BCUT2D eigenvalue weighted by Crippen LogP contribution is -1.92. The molecule has 2 heterocycles. The van der Waals surface area contributed by atoms with Crippen LogP contribution in [0, 0.1) is 32.1 Å². The molecule has 4 heteroatoms. The highest BCUT2D eigenvalue weighted by molar-refractivity contribution is 5.92. The Bertz CT molecular complexity index is 590. The molecule has 2 rings (SSSR count). The van der Waals surface area contributed by atoms with Crippen LogP contribution in [0.15, 0.2) is 0 Å². The van der Waals surface area contributed by atoms with Gasteiger partial charge in [0.2, 0.25) is 5.88 Å². The lowest BCUT2D eigenvalue weighted by molar-refractivity contribution is 0.457.